The average molecular weight is 304 g/mol. The molecule has 0 aliphatic carbocycles. The van der Waals surface area contributed by atoms with Crippen molar-refractivity contribution in [3.8, 4) is 0 Å². The van der Waals surface area contributed by atoms with Gasteiger partial charge in [-0.2, -0.15) is 3.36 Å². The Labute approximate surface area is 121 Å². The van der Waals surface area contributed by atoms with Crippen LogP contribution >= 0.6 is 23.5 Å². The van der Waals surface area contributed by atoms with Crippen molar-refractivity contribution in [2.75, 3.05) is 0 Å². The molecule has 0 spiro atoms. The highest BCUT2D eigenvalue weighted by Crippen LogP contribution is 2.31. The normalized spacial score (nSPS) is 10.8. The van der Waals surface area contributed by atoms with Crippen molar-refractivity contribution in [3.05, 3.63) is 69.0 Å². The maximum Gasteiger partial charge on any atom is 0.284 e. The van der Waals surface area contributed by atoms with E-state index in [1.54, 1.807) is 30.3 Å². The third-order valence-electron chi connectivity index (χ3n) is 2.71. The molecule has 7 heteroatoms. The summed E-state index contributed by atoms with van der Waals surface area (Å²) >= 11 is 2.36. The Morgan fingerprint density at radius 1 is 1.10 bits per heavy atom. The number of nitro benzene ring substituents is 1. The van der Waals surface area contributed by atoms with Gasteiger partial charge in [0.05, 0.1) is 15.0 Å². The molecule has 0 saturated carbocycles. The number of rotatable bonds is 3. The summed E-state index contributed by atoms with van der Waals surface area (Å²) in [6.07, 6.45) is 0. The van der Waals surface area contributed by atoms with Gasteiger partial charge in [-0.3, -0.25) is 14.9 Å². The first-order valence-corrected chi connectivity index (χ1v) is 7.24. The lowest BCUT2D eigenvalue weighted by Gasteiger charge is -2.00. The molecule has 3 aromatic rings. The van der Waals surface area contributed by atoms with Gasteiger partial charge >= 0.3 is 0 Å². The van der Waals surface area contributed by atoms with Crippen LogP contribution in [0.2, 0.25) is 0 Å². The highest BCUT2D eigenvalue weighted by atomic mass is 32.2. The fourth-order valence-corrected chi connectivity index (χ4v) is 3.91. The third-order valence-corrected chi connectivity index (χ3v) is 4.91. The molecular formula is C13H8N2O3S2. The van der Waals surface area contributed by atoms with Crippen LogP contribution in [0.4, 0.5) is 5.69 Å². The molecule has 5 nitrogen and oxygen atoms in total. The zero-order valence-corrected chi connectivity index (χ0v) is 11.7. The lowest BCUT2D eigenvalue weighted by Crippen LogP contribution is -2.07. The van der Waals surface area contributed by atoms with E-state index >= 15 is 0 Å². The topological polar surface area (TPSA) is 65.1 Å². The van der Waals surface area contributed by atoms with Crippen LogP contribution in [0, 0.1) is 10.1 Å². The number of nitro groups is 1. The Bertz CT molecular complexity index is 854. The van der Waals surface area contributed by atoms with Gasteiger partial charge in [-0.1, -0.05) is 24.3 Å². The molecule has 0 fully saturated rings. The summed E-state index contributed by atoms with van der Waals surface area (Å²) < 4.78 is 2.33. The second-order valence-corrected chi connectivity index (χ2v) is 6.17. The number of aromatic nitrogens is 1. The van der Waals surface area contributed by atoms with Crippen molar-refractivity contribution in [3.63, 3.8) is 0 Å². The Morgan fingerprint density at radius 3 is 2.55 bits per heavy atom. The quantitative estimate of drug-likeness (QED) is 0.548. The molecule has 3 rings (SSSR count). The van der Waals surface area contributed by atoms with Gasteiger partial charge in [-0.05, 0) is 29.7 Å². The minimum atomic E-state index is -0.444. The zero-order valence-electron chi connectivity index (χ0n) is 10.1. The Hall–Kier alpha value is -2.12. The van der Waals surface area contributed by atoms with Crippen LogP contribution in [-0.4, -0.2) is 8.29 Å². The number of fused-ring (bicyclic) bond motifs is 1. The minimum absolute atomic E-state index is 0.00172. The highest BCUT2D eigenvalue weighted by molar-refractivity contribution is 7.99. The summed E-state index contributed by atoms with van der Waals surface area (Å²) in [5.41, 5.74) is -0.143. The minimum Gasteiger partial charge on any atom is -0.267 e. The van der Waals surface area contributed by atoms with Crippen molar-refractivity contribution < 1.29 is 4.92 Å². The van der Waals surface area contributed by atoms with Crippen LogP contribution < -0.4 is 5.56 Å². The Morgan fingerprint density at radius 2 is 1.80 bits per heavy atom. The molecule has 0 N–H and O–H groups in total. The fourth-order valence-electron chi connectivity index (χ4n) is 1.79. The van der Waals surface area contributed by atoms with E-state index in [1.165, 1.54) is 21.0 Å². The summed E-state index contributed by atoms with van der Waals surface area (Å²) in [4.78, 5) is 23.2. The van der Waals surface area contributed by atoms with Crippen LogP contribution in [0.3, 0.4) is 0 Å². The summed E-state index contributed by atoms with van der Waals surface area (Å²) in [7, 11) is 0. The second kappa shape index (κ2) is 5.10. The van der Waals surface area contributed by atoms with Gasteiger partial charge in [0, 0.05) is 18.0 Å². The van der Waals surface area contributed by atoms with Crippen LogP contribution in [0.25, 0.3) is 10.1 Å². The van der Waals surface area contributed by atoms with Crippen LogP contribution in [-0.2, 0) is 0 Å². The van der Waals surface area contributed by atoms with Crippen LogP contribution in [0.15, 0.2) is 58.2 Å². The first kappa shape index (κ1) is 12.9. The number of para-hydroxylation sites is 1. The molecule has 0 unspecified atom stereocenters. The molecule has 0 amide bonds. The van der Waals surface area contributed by atoms with E-state index < -0.39 is 4.92 Å². The number of nitrogens with zero attached hydrogens (tertiary/aromatic N) is 2. The van der Waals surface area contributed by atoms with Gasteiger partial charge in [0.2, 0.25) is 0 Å². The van der Waals surface area contributed by atoms with Gasteiger partial charge < -0.3 is 0 Å². The number of hydrogen-bond acceptors (Lipinski definition) is 5. The molecular weight excluding hydrogens is 296 g/mol. The first-order chi connectivity index (χ1) is 9.66. The van der Waals surface area contributed by atoms with Crippen molar-refractivity contribution in [1.82, 2.24) is 3.36 Å². The zero-order chi connectivity index (χ0) is 14.1. The summed E-state index contributed by atoms with van der Waals surface area (Å²) in [5, 5.41) is 11.6. The number of hydrogen-bond donors (Lipinski definition) is 0. The predicted molar refractivity (Wildman–Crippen MR) is 80.4 cm³/mol. The monoisotopic (exact) mass is 304 g/mol. The van der Waals surface area contributed by atoms with E-state index in [2.05, 4.69) is 0 Å². The van der Waals surface area contributed by atoms with Gasteiger partial charge in [0.15, 0.2) is 0 Å². The molecule has 0 bridgehead atoms. The van der Waals surface area contributed by atoms with Crippen LogP contribution in [0.1, 0.15) is 0 Å². The highest BCUT2D eigenvalue weighted by Gasteiger charge is 2.16. The van der Waals surface area contributed by atoms with Crippen molar-refractivity contribution in [1.29, 1.82) is 0 Å². The van der Waals surface area contributed by atoms with Crippen molar-refractivity contribution in [2.24, 2.45) is 0 Å². The van der Waals surface area contributed by atoms with Crippen molar-refractivity contribution >= 4 is 39.3 Å². The molecule has 100 valence electrons. The molecule has 2 aromatic carbocycles. The number of benzene rings is 2. The molecule has 20 heavy (non-hydrogen) atoms. The molecule has 1 aromatic heterocycles. The SMILES string of the molecule is O=c1c2ccccc2sn1Sc1ccccc1[N+](=O)[O-]. The summed E-state index contributed by atoms with van der Waals surface area (Å²) in [6, 6.07) is 13.7. The maximum absolute atomic E-state index is 12.2. The molecule has 0 aliphatic rings. The molecule has 0 saturated heterocycles. The van der Waals surface area contributed by atoms with E-state index in [1.807, 2.05) is 12.1 Å². The average Bonchev–Trinajstić information content (AvgIpc) is 2.76. The van der Waals surface area contributed by atoms with Gasteiger partial charge in [0.25, 0.3) is 11.2 Å². The lowest BCUT2D eigenvalue weighted by atomic mass is 10.3. The molecule has 0 aliphatic heterocycles. The van der Waals surface area contributed by atoms with Gasteiger partial charge in [-0.15, -0.1) is 0 Å². The van der Waals surface area contributed by atoms with E-state index in [0.29, 0.717) is 10.3 Å². The third kappa shape index (κ3) is 2.21. The van der Waals surface area contributed by atoms with E-state index in [0.717, 1.165) is 16.6 Å². The molecule has 0 radical (unpaired) electrons. The second-order valence-electron chi connectivity index (χ2n) is 3.97. The predicted octanol–water partition coefficient (Wildman–Crippen LogP) is 3.53. The lowest BCUT2D eigenvalue weighted by molar-refractivity contribution is -0.387. The Balaban J connectivity index is 2.08. The van der Waals surface area contributed by atoms with E-state index in [4.69, 9.17) is 0 Å². The smallest absolute Gasteiger partial charge is 0.267 e. The van der Waals surface area contributed by atoms with Gasteiger partial charge in [0.1, 0.15) is 4.90 Å². The molecule has 0 atom stereocenters. The summed E-state index contributed by atoms with van der Waals surface area (Å²) in [6.45, 7) is 0. The van der Waals surface area contributed by atoms with E-state index in [9.17, 15) is 14.9 Å². The maximum atomic E-state index is 12.2. The van der Waals surface area contributed by atoms with Crippen LogP contribution in [0.5, 0.6) is 0 Å². The standard InChI is InChI=1S/C13H8N2O3S2/c16-13-9-5-1-3-7-11(9)19-15(13)20-12-8-4-2-6-10(12)14(17)18/h1-8H. The van der Waals surface area contributed by atoms with Crippen molar-refractivity contribution in [2.45, 2.75) is 4.90 Å². The first-order valence-electron chi connectivity index (χ1n) is 5.69. The van der Waals surface area contributed by atoms with Gasteiger partial charge in [-0.25, -0.2) is 0 Å². The summed E-state index contributed by atoms with van der Waals surface area (Å²) in [5.74, 6) is 0. The largest absolute Gasteiger partial charge is 0.284 e. The Kier molecular flexibility index (Phi) is 3.29. The van der Waals surface area contributed by atoms with E-state index in [-0.39, 0.29) is 11.2 Å². The fraction of sp³-hybridized carbons (Fsp3) is 0. The molecule has 1 heterocycles.